The highest BCUT2D eigenvalue weighted by Gasteiger charge is 2.25. The van der Waals surface area contributed by atoms with Gasteiger partial charge in [0.1, 0.15) is 0 Å². The molecular formula is C19H24N4O2. The molecule has 4 rings (SSSR count). The number of aliphatic hydroxyl groups is 1. The van der Waals surface area contributed by atoms with Crippen LogP contribution in [-0.2, 0) is 19.4 Å². The number of amides is 2. The van der Waals surface area contributed by atoms with Crippen molar-refractivity contribution in [2.24, 2.45) is 0 Å². The minimum absolute atomic E-state index is 0.111. The minimum atomic E-state index is -0.402. The van der Waals surface area contributed by atoms with Crippen molar-refractivity contribution in [1.29, 1.82) is 0 Å². The molecule has 1 saturated heterocycles. The van der Waals surface area contributed by atoms with E-state index < -0.39 is 6.10 Å². The molecule has 6 nitrogen and oxygen atoms in total. The van der Waals surface area contributed by atoms with E-state index in [-0.39, 0.29) is 6.03 Å². The van der Waals surface area contributed by atoms with Crippen molar-refractivity contribution in [3.63, 3.8) is 0 Å². The number of nitrogens with zero attached hydrogens (tertiary/aromatic N) is 3. The zero-order chi connectivity index (χ0) is 17.2. The molecule has 1 aromatic heterocycles. The predicted octanol–water partition coefficient (Wildman–Crippen LogP) is 2.03. The van der Waals surface area contributed by atoms with E-state index >= 15 is 0 Å². The number of urea groups is 1. The fourth-order valence-electron chi connectivity index (χ4n) is 3.85. The second-order valence-electron chi connectivity index (χ2n) is 6.87. The Morgan fingerprint density at radius 1 is 1.24 bits per heavy atom. The van der Waals surface area contributed by atoms with Crippen molar-refractivity contribution < 1.29 is 9.90 Å². The molecule has 1 aliphatic heterocycles. The highest BCUT2D eigenvalue weighted by atomic mass is 16.3. The average Bonchev–Trinajstić information content (AvgIpc) is 3.23. The Hall–Kier alpha value is -2.34. The SMILES string of the molecule is O=C(NCc1nn(-c2ccccc2)c2c1CCC2)N1CCC[C@H](O)C1. The van der Waals surface area contributed by atoms with Crippen molar-refractivity contribution in [3.05, 3.63) is 47.3 Å². The molecule has 2 aliphatic rings. The Kier molecular flexibility index (Phi) is 4.44. The molecule has 0 spiro atoms. The molecule has 2 amide bonds. The molecule has 2 aromatic rings. The molecule has 1 atom stereocenters. The number of carbonyl (C=O) groups excluding carboxylic acids is 1. The molecule has 0 unspecified atom stereocenters. The van der Waals surface area contributed by atoms with E-state index in [0.29, 0.717) is 19.6 Å². The van der Waals surface area contributed by atoms with Gasteiger partial charge >= 0.3 is 6.03 Å². The van der Waals surface area contributed by atoms with Crippen molar-refractivity contribution in [2.75, 3.05) is 13.1 Å². The number of aliphatic hydroxyl groups excluding tert-OH is 1. The molecule has 0 bridgehead atoms. The summed E-state index contributed by atoms with van der Waals surface area (Å²) in [6, 6.07) is 10.0. The van der Waals surface area contributed by atoms with Crippen LogP contribution in [0.3, 0.4) is 0 Å². The van der Waals surface area contributed by atoms with E-state index in [1.807, 2.05) is 22.9 Å². The van der Waals surface area contributed by atoms with Gasteiger partial charge in [-0.2, -0.15) is 5.10 Å². The number of carbonyl (C=O) groups is 1. The zero-order valence-electron chi connectivity index (χ0n) is 14.3. The van der Waals surface area contributed by atoms with Gasteiger partial charge < -0.3 is 15.3 Å². The summed E-state index contributed by atoms with van der Waals surface area (Å²) in [5.41, 5.74) is 4.58. The Morgan fingerprint density at radius 2 is 2.08 bits per heavy atom. The summed E-state index contributed by atoms with van der Waals surface area (Å²) in [5, 5.41) is 17.5. The summed E-state index contributed by atoms with van der Waals surface area (Å²) >= 11 is 0. The lowest BCUT2D eigenvalue weighted by atomic mass is 10.1. The Balaban J connectivity index is 1.49. The topological polar surface area (TPSA) is 70.4 Å². The number of nitrogens with one attached hydrogen (secondary N) is 1. The van der Waals surface area contributed by atoms with Gasteiger partial charge in [-0.15, -0.1) is 0 Å². The molecular weight excluding hydrogens is 316 g/mol. The molecule has 1 fully saturated rings. The van der Waals surface area contributed by atoms with E-state index in [1.165, 1.54) is 11.3 Å². The smallest absolute Gasteiger partial charge is 0.317 e. The van der Waals surface area contributed by atoms with Gasteiger partial charge in [-0.05, 0) is 49.8 Å². The third kappa shape index (κ3) is 3.26. The summed E-state index contributed by atoms with van der Waals surface area (Å²) in [4.78, 5) is 14.1. The zero-order valence-corrected chi connectivity index (χ0v) is 14.3. The van der Waals surface area contributed by atoms with Gasteiger partial charge in [0.05, 0.1) is 24.0 Å². The second-order valence-corrected chi connectivity index (χ2v) is 6.87. The van der Waals surface area contributed by atoms with Gasteiger partial charge in [0.25, 0.3) is 0 Å². The third-order valence-corrected chi connectivity index (χ3v) is 5.10. The first-order valence-electron chi connectivity index (χ1n) is 9.08. The van der Waals surface area contributed by atoms with E-state index in [2.05, 4.69) is 17.4 Å². The molecule has 1 aromatic carbocycles. The number of likely N-dealkylation sites (tertiary alicyclic amines) is 1. The molecule has 6 heteroatoms. The first-order chi connectivity index (χ1) is 12.2. The Morgan fingerprint density at radius 3 is 2.88 bits per heavy atom. The van der Waals surface area contributed by atoms with Crippen molar-refractivity contribution in [1.82, 2.24) is 20.0 Å². The van der Waals surface area contributed by atoms with Gasteiger partial charge in [0.2, 0.25) is 0 Å². The van der Waals surface area contributed by atoms with Crippen LogP contribution in [-0.4, -0.2) is 45.0 Å². The number of hydrogen-bond acceptors (Lipinski definition) is 3. The quantitative estimate of drug-likeness (QED) is 0.898. The average molecular weight is 340 g/mol. The van der Waals surface area contributed by atoms with E-state index in [4.69, 9.17) is 5.10 Å². The number of benzene rings is 1. The maximum Gasteiger partial charge on any atom is 0.317 e. The summed E-state index contributed by atoms with van der Waals surface area (Å²) in [6.07, 6.45) is 4.42. The lowest BCUT2D eigenvalue weighted by molar-refractivity contribution is 0.0841. The maximum absolute atomic E-state index is 12.4. The largest absolute Gasteiger partial charge is 0.391 e. The molecule has 1 aliphatic carbocycles. The normalized spacial score (nSPS) is 19.7. The number of β-amino-alcohol motifs (C(OH)–C–C–N with tert-alkyl or cyclic N) is 1. The van der Waals surface area contributed by atoms with Crippen LogP contribution in [0.1, 0.15) is 36.2 Å². The molecule has 0 saturated carbocycles. The number of hydrogen-bond donors (Lipinski definition) is 2. The monoisotopic (exact) mass is 340 g/mol. The van der Waals surface area contributed by atoms with Crippen LogP contribution in [0.25, 0.3) is 5.69 Å². The number of fused-ring (bicyclic) bond motifs is 1. The summed E-state index contributed by atoms with van der Waals surface area (Å²) < 4.78 is 2.02. The number of para-hydroxylation sites is 1. The summed E-state index contributed by atoms with van der Waals surface area (Å²) in [6.45, 7) is 1.56. The van der Waals surface area contributed by atoms with Gasteiger partial charge in [-0.3, -0.25) is 0 Å². The standard InChI is InChI=1S/C19H24N4O2/c24-15-8-5-11-22(13-15)19(25)20-12-17-16-9-4-10-18(16)23(21-17)14-6-2-1-3-7-14/h1-3,6-7,15,24H,4-5,8-13H2,(H,20,25)/t15-/m0/s1. The van der Waals surface area contributed by atoms with Crippen LogP contribution in [0.4, 0.5) is 4.79 Å². The van der Waals surface area contributed by atoms with Crippen LogP contribution >= 0.6 is 0 Å². The predicted molar refractivity (Wildman–Crippen MR) is 94.6 cm³/mol. The van der Waals surface area contributed by atoms with E-state index in [1.54, 1.807) is 4.90 Å². The molecule has 132 valence electrons. The molecule has 25 heavy (non-hydrogen) atoms. The Bertz CT molecular complexity index is 756. The lowest BCUT2D eigenvalue weighted by Crippen LogP contribution is -2.46. The van der Waals surface area contributed by atoms with Crippen LogP contribution in [0, 0.1) is 0 Å². The van der Waals surface area contributed by atoms with Crippen molar-refractivity contribution in [3.8, 4) is 5.69 Å². The van der Waals surface area contributed by atoms with E-state index in [9.17, 15) is 9.90 Å². The van der Waals surface area contributed by atoms with Crippen LogP contribution < -0.4 is 5.32 Å². The summed E-state index contributed by atoms with van der Waals surface area (Å²) in [7, 11) is 0. The highest BCUT2D eigenvalue weighted by molar-refractivity contribution is 5.74. The van der Waals surface area contributed by atoms with Gasteiger partial charge in [-0.25, -0.2) is 9.48 Å². The number of aromatic nitrogens is 2. The van der Waals surface area contributed by atoms with Crippen LogP contribution in [0.15, 0.2) is 30.3 Å². The maximum atomic E-state index is 12.4. The molecule has 2 heterocycles. The van der Waals surface area contributed by atoms with Gasteiger partial charge in [0.15, 0.2) is 0 Å². The Labute approximate surface area is 147 Å². The molecule has 2 N–H and O–H groups in total. The van der Waals surface area contributed by atoms with Crippen molar-refractivity contribution >= 4 is 6.03 Å². The first-order valence-corrected chi connectivity index (χ1v) is 9.08. The third-order valence-electron chi connectivity index (χ3n) is 5.10. The number of piperidine rings is 1. The summed E-state index contributed by atoms with van der Waals surface area (Å²) in [5.74, 6) is 0. The lowest BCUT2D eigenvalue weighted by Gasteiger charge is -2.30. The van der Waals surface area contributed by atoms with Crippen molar-refractivity contribution in [2.45, 2.75) is 44.8 Å². The first kappa shape index (κ1) is 16.1. The van der Waals surface area contributed by atoms with Crippen LogP contribution in [0.5, 0.6) is 0 Å². The highest BCUT2D eigenvalue weighted by Crippen LogP contribution is 2.27. The minimum Gasteiger partial charge on any atom is -0.391 e. The molecule has 0 radical (unpaired) electrons. The van der Waals surface area contributed by atoms with E-state index in [0.717, 1.165) is 43.5 Å². The number of rotatable bonds is 3. The fraction of sp³-hybridized carbons (Fsp3) is 0.474. The fourth-order valence-corrected chi connectivity index (χ4v) is 3.85. The van der Waals surface area contributed by atoms with Gasteiger partial charge in [0, 0.05) is 18.8 Å². The van der Waals surface area contributed by atoms with Crippen LogP contribution in [0.2, 0.25) is 0 Å². The second kappa shape index (κ2) is 6.88. The van der Waals surface area contributed by atoms with Gasteiger partial charge in [-0.1, -0.05) is 18.2 Å².